The van der Waals surface area contributed by atoms with Crippen molar-refractivity contribution in [2.24, 2.45) is 5.73 Å². The van der Waals surface area contributed by atoms with Crippen molar-refractivity contribution < 1.29 is 29.4 Å². The molecular weight excluding hydrogens is 232 g/mol. The molecule has 0 fully saturated rings. The van der Waals surface area contributed by atoms with E-state index in [-0.39, 0.29) is 12.8 Å². The molecule has 1 amide bonds. The van der Waals surface area contributed by atoms with Crippen LogP contribution < -0.4 is 11.1 Å². The van der Waals surface area contributed by atoms with Crippen LogP contribution >= 0.6 is 0 Å². The second kappa shape index (κ2) is 7.34. The summed E-state index contributed by atoms with van der Waals surface area (Å²) < 4.78 is 0. The van der Waals surface area contributed by atoms with E-state index in [9.17, 15) is 19.2 Å². The topological polar surface area (TPSA) is 147 Å². The van der Waals surface area contributed by atoms with E-state index < -0.39 is 36.4 Å². The molecule has 5 N–H and O–H groups in total. The Kier molecular flexibility index (Phi) is 6.49. The van der Waals surface area contributed by atoms with Crippen LogP contribution in [0.15, 0.2) is 0 Å². The maximum absolute atomic E-state index is 11.3. The van der Waals surface area contributed by atoms with E-state index in [1.54, 1.807) is 0 Å². The number of carboxylic acids is 2. The minimum absolute atomic E-state index is 0.121. The first-order valence-corrected chi connectivity index (χ1v) is 4.74. The van der Waals surface area contributed by atoms with E-state index in [0.717, 1.165) is 0 Å². The number of amides is 1. The van der Waals surface area contributed by atoms with Gasteiger partial charge in [-0.3, -0.25) is 19.2 Å². The molecule has 0 aliphatic heterocycles. The molecule has 0 unspecified atom stereocenters. The summed E-state index contributed by atoms with van der Waals surface area (Å²) in [6.45, 7) is 0. The minimum atomic E-state index is -1.28. The normalized spacial score (nSPS) is 13.5. The van der Waals surface area contributed by atoms with Crippen molar-refractivity contribution in [2.75, 3.05) is 0 Å². The number of nitrogens with two attached hydrogens (primary N) is 1. The summed E-state index contributed by atoms with van der Waals surface area (Å²) in [5.41, 5.74) is 5.24. The lowest BCUT2D eigenvalue weighted by atomic mass is 10.1. The van der Waals surface area contributed by atoms with Gasteiger partial charge in [0.1, 0.15) is 0 Å². The first-order valence-electron chi connectivity index (χ1n) is 4.74. The summed E-state index contributed by atoms with van der Waals surface area (Å²) >= 11 is 0. The Morgan fingerprint density at radius 1 is 1.24 bits per heavy atom. The Morgan fingerprint density at radius 3 is 2.24 bits per heavy atom. The summed E-state index contributed by atoms with van der Waals surface area (Å²) in [5.74, 6) is -3.19. The lowest BCUT2D eigenvalue weighted by molar-refractivity contribution is -0.139. The van der Waals surface area contributed by atoms with E-state index in [4.69, 9.17) is 15.9 Å². The van der Waals surface area contributed by atoms with Crippen molar-refractivity contribution in [3.8, 4) is 0 Å². The number of aliphatic carboxylic acids is 2. The van der Waals surface area contributed by atoms with Crippen LogP contribution in [0.3, 0.4) is 0 Å². The van der Waals surface area contributed by atoms with Crippen LogP contribution in [0.1, 0.15) is 19.3 Å². The maximum Gasteiger partial charge on any atom is 0.305 e. The molecule has 0 aromatic rings. The standard InChI is InChI=1S/C9H13N2O6/c10-6(3-8(15)16)9(17)11-5(4-12)1-2-7(13)14/h5-6H,1-3,10H2,(H,11,17)(H,13,14)(H,15,16)/t5-,6-/m0/s1. The quantitative estimate of drug-likeness (QED) is 0.396. The second-order valence-electron chi connectivity index (χ2n) is 3.32. The minimum Gasteiger partial charge on any atom is -0.481 e. The Hall–Kier alpha value is -1.96. The van der Waals surface area contributed by atoms with E-state index in [2.05, 4.69) is 5.32 Å². The Morgan fingerprint density at radius 2 is 1.82 bits per heavy atom. The Labute approximate surface area is 96.8 Å². The van der Waals surface area contributed by atoms with Crippen LogP contribution in [0.25, 0.3) is 0 Å². The molecule has 0 aliphatic rings. The number of nitrogens with one attached hydrogen (secondary N) is 1. The monoisotopic (exact) mass is 245 g/mol. The smallest absolute Gasteiger partial charge is 0.305 e. The fraction of sp³-hybridized carbons (Fsp3) is 0.556. The van der Waals surface area contributed by atoms with Gasteiger partial charge in [-0.05, 0) is 6.42 Å². The molecule has 0 heterocycles. The van der Waals surface area contributed by atoms with Gasteiger partial charge < -0.3 is 21.3 Å². The third-order valence-corrected chi connectivity index (χ3v) is 1.84. The van der Waals surface area contributed by atoms with E-state index in [1.165, 1.54) is 6.29 Å². The molecule has 0 rings (SSSR count). The molecule has 0 bridgehead atoms. The molecule has 95 valence electrons. The van der Waals surface area contributed by atoms with Crippen molar-refractivity contribution in [1.29, 1.82) is 0 Å². The molecule has 0 aliphatic carbocycles. The molecule has 0 spiro atoms. The molecule has 8 nitrogen and oxygen atoms in total. The Balaban J connectivity index is 4.17. The number of carbonyl (C=O) groups is 3. The highest BCUT2D eigenvalue weighted by Crippen LogP contribution is 1.97. The van der Waals surface area contributed by atoms with Gasteiger partial charge in [-0.2, -0.15) is 0 Å². The fourth-order valence-electron chi connectivity index (χ4n) is 0.988. The summed E-state index contributed by atoms with van der Waals surface area (Å²) in [5, 5.41) is 18.9. The molecule has 2 atom stereocenters. The van der Waals surface area contributed by atoms with Crippen molar-refractivity contribution in [2.45, 2.75) is 31.3 Å². The van der Waals surface area contributed by atoms with Crippen LogP contribution in [0.2, 0.25) is 0 Å². The first-order chi connectivity index (χ1) is 7.86. The molecule has 0 saturated carbocycles. The zero-order valence-corrected chi connectivity index (χ0v) is 8.88. The van der Waals surface area contributed by atoms with Crippen molar-refractivity contribution in [3.05, 3.63) is 0 Å². The van der Waals surface area contributed by atoms with Crippen LogP contribution in [-0.2, 0) is 19.2 Å². The summed E-state index contributed by atoms with van der Waals surface area (Å²) in [4.78, 5) is 42.2. The van der Waals surface area contributed by atoms with Gasteiger partial charge in [0.2, 0.25) is 12.2 Å². The molecule has 0 saturated heterocycles. The molecule has 0 aromatic heterocycles. The van der Waals surface area contributed by atoms with Crippen molar-refractivity contribution >= 4 is 24.1 Å². The largest absolute Gasteiger partial charge is 0.481 e. The number of carboxylic acid groups (broad SMARTS) is 2. The zero-order valence-electron chi connectivity index (χ0n) is 8.88. The van der Waals surface area contributed by atoms with Gasteiger partial charge in [-0.1, -0.05) is 0 Å². The van der Waals surface area contributed by atoms with Gasteiger partial charge in [-0.15, -0.1) is 0 Å². The van der Waals surface area contributed by atoms with Crippen molar-refractivity contribution in [1.82, 2.24) is 5.32 Å². The third kappa shape index (κ3) is 7.01. The summed E-state index contributed by atoms with van der Waals surface area (Å²) in [6, 6.07) is -2.38. The second-order valence-corrected chi connectivity index (χ2v) is 3.32. The Bertz CT molecular complexity index is 317. The van der Waals surface area contributed by atoms with Crippen LogP contribution in [-0.4, -0.2) is 46.4 Å². The average molecular weight is 245 g/mol. The molecule has 8 heteroatoms. The SMILES string of the molecule is N[C@@H](CC(=O)O)C(=O)N[C@H]([C]=O)CCC(=O)O. The number of rotatable bonds is 8. The number of hydrogen-bond donors (Lipinski definition) is 4. The zero-order chi connectivity index (χ0) is 13.4. The highest BCUT2D eigenvalue weighted by Gasteiger charge is 2.20. The highest BCUT2D eigenvalue weighted by molar-refractivity contribution is 5.87. The van der Waals surface area contributed by atoms with Crippen LogP contribution in [0.5, 0.6) is 0 Å². The van der Waals surface area contributed by atoms with Gasteiger partial charge in [-0.25, -0.2) is 0 Å². The van der Waals surface area contributed by atoms with Crippen LogP contribution in [0, 0.1) is 0 Å². The summed E-state index contributed by atoms with van der Waals surface area (Å²) in [7, 11) is 0. The van der Waals surface area contributed by atoms with Crippen LogP contribution in [0.4, 0.5) is 0 Å². The highest BCUT2D eigenvalue weighted by atomic mass is 16.4. The number of carbonyl (C=O) groups excluding carboxylic acids is 2. The number of hydrogen-bond acceptors (Lipinski definition) is 5. The van der Waals surface area contributed by atoms with E-state index >= 15 is 0 Å². The third-order valence-electron chi connectivity index (χ3n) is 1.84. The molecular formula is C9H13N2O6. The van der Waals surface area contributed by atoms with E-state index in [0.29, 0.717) is 0 Å². The predicted molar refractivity (Wildman–Crippen MR) is 54.7 cm³/mol. The fourth-order valence-corrected chi connectivity index (χ4v) is 0.988. The molecule has 1 radical (unpaired) electrons. The lowest BCUT2D eigenvalue weighted by Crippen LogP contribution is -2.47. The molecule has 0 aromatic carbocycles. The van der Waals surface area contributed by atoms with E-state index in [1.807, 2.05) is 0 Å². The predicted octanol–water partition coefficient (Wildman–Crippen LogP) is -1.75. The van der Waals surface area contributed by atoms with Gasteiger partial charge in [0.25, 0.3) is 0 Å². The summed E-state index contributed by atoms with van der Waals surface area (Å²) in [6.07, 6.45) is 0.443. The van der Waals surface area contributed by atoms with Crippen molar-refractivity contribution in [3.63, 3.8) is 0 Å². The van der Waals surface area contributed by atoms with Gasteiger partial charge >= 0.3 is 11.9 Å². The van der Waals surface area contributed by atoms with Gasteiger partial charge in [0.15, 0.2) is 0 Å². The maximum atomic E-state index is 11.3. The first kappa shape index (κ1) is 15.0. The molecule has 17 heavy (non-hydrogen) atoms. The average Bonchev–Trinajstić information content (AvgIpc) is 2.22. The van der Waals surface area contributed by atoms with Gasteiger partial charge in [0.05, 0.1) is 18.5 Å². The van der Waals surface area contributed by atoms with Gasteiger partial charge in [0, 0.05) is 6.42 Å². The lowest BCUT2D eigenvalue weighted by Gasteiger charge is -2.14.